The zero-order valence-electron chi connectivity index (χ0n) is 12.4. The van der Waals surface area contributed by atoms with Crippen LogP contribution < -0.4 is 5.73 Å². The van der Waals surface area contributed by atoms with Crippen molar-refractivity contribution in [3.8, 4) is 0 Å². The van der Waals surface area contributed by atoms with Gasteiger partial charge in [0.25, 0.3) is 0 Å². The Hall–Kier alpha value is -0.900. The van der Waals surface area contributed by atoms with Gasteiger partial charge in [0, 0.05) is 32.3 Å². The molecule has 3 heteroatoms. The Morgan fingerprint density at radius 2 is 2.11 bits per heavy atom. The van der Waals surface area contributed by atoms with Crippen molar-refractivity contribution >= 4 is 0 Å². The van der Waals surface area contributed by atoms with E-state index in [1.165, 1.54) is 29.5 Å². The van der Waals surface area contributed by atoms with Crippen LogP contribution in [0.25, 0.3) is 0 Å². The fraction of sp³-hybridized carbons (Fsp3) is 0.625. The lowest BCUT2D eigenvalue weighted by molar-refractivity contribution is 0.139. The highest BCUT2D eigenvalue weighted by atomic mass is 16.5. The van der Waals surface area contributed by atoms with Crippen LogP contribution in [0.5, 0.6) is 0 Å². The number of benzene rings is 1. The van der Waals surface area contributed by atoms with Gasteiger partial charge in [-0.25, -0.2) is 0 Å². The van der Waals surface area contributed by atoms with Crippen molar-refractivity contribution in [1.29, 1.82) is 0 Å². The van der Waals surface area contributed by atoms with Gasteiger partial charge in [0.2, 0.25) is 0 Å². The van der Waals surface area contributed by atoms with Gasteiger partial charge in [-0.05, 0) is 37.8 Å². The van der Waals surface area contributed by atoms with Crippen molar-refractivity contribution in [2.24, 2.45) is 5.73 Å². The monoisotopic (exact) mass is 262 g/mol. The third-order valence-corrected chi connectivity index (χ3v) is 3.91. The fourth-order valence-electron chi connectivity index (χ4n) is 2.58. The minimum atomic E-state index is 0.0948. The van der Waals surface area contributed by atoms with Crippen LogP contribution in [-0.4, -0.2) is 37.7 Å². The third kappa shape index (κ3) is 4.03. The number of nitrogens with two attached hydrogens (primary N) is 1. The zero-order valence-corrected chi connectivity index (χ0v) is 12.4. The Balaban J connectivity index is 2.01. The van der Waals surface area contributed by atoms with Crippen LogP contribution in [0.3, 0.4) is 0 Å². The summed E-state index contributed by atoms with van der Waals surface area (Å²) in [6, 6.07) is 7.36. The molecule has 1 atom stereocenters. The van der Waals surface area contributed by atoms with E-state index in [1.54, 1.807) is 7.11 Å². The summed E-state index contributed by atoms with van der Waals surface area (Å²) in [6.07, 6.45) is 2.62. The molecule has 106 valence electrons. The van der Waals surface area contributed by atoms with E-state index in [-0.39, 0.29) is 6.04 Å². The van der Waals surface area contributed by atoms with Gasteiger partial charge in [0.15, 0.2) is 0 Å². The molecular formula is C16H26N2O. The smallest absolute Gasteiger partial charge is 0.0589 e. The van der Waals surface area contributed by atoms with Crippen molar-refractivity contribution in [3.63, 3.8) is 0 Å². The highest BCUT2D eigenvalue weighted by Crippen LogP contribution is 2.28. The first-order valence-electron chi connectivity index (χ1n) is 7.17. The minimum Gasteiger partial charge on any atom is -0.383 e. The lowest BCUT2D eigenvalue weighted by atomic mass is 9.99. The first-order valence-corrected chi connectivity index (χ1v) is 7.17. The Bertz CT molecular complexity index is 415. The molecule has 1 fully saturated rings. The summed E-state index contributed by atoms with van der Waals surface area (Å²) in [5.41, 5.74) is 10.3. The SMILES string of the molecule is COCCN(CC(N)c1cc(C)ccc1C)C1CC1. The number of nitrogens with zero attached hydrogens (tertiary/aromatic N) is 1. The molecule has 1 unspecified atom stereocenters. The topological polar surface area (TPSA) is 38.5 Å². The third-order valence-electron chi connectivity index (χ3n) is 3.91. The standard InChI is InChI=1S/C16H26N2O/c1-12-4-5-13(2)15(10-12)16(17)11-18(8-9-19-3)14-6-7-14/h4-5,10,14,16H,6-9,11,17H2,1-3H3. The van der Waals surface area contributed by atoms with Gasteiger partial charge in [0.05, 0.1) is 6.61 Å². The maximum absolute atomic E-state index is 6.42. The molecule has 1 aromatic carbocycles. The normalized spacial score (nSPS) is 16.9. The molecule has 0 spiro atoms. The van der Waals surface area contributed by atoms with Crippen molar-refractivity contribution < 1.29 is 4.74 Å². The number of hydrogen-bond donors (Lipinski definition) is 1. The molecule has 0 aliphatic heterocycles. The largest absolute Gasteiger partial charge is 0.383 e. The van der Waals surface area contributed by atoms with Gasteiger partial charge >= 0.3 is 0 Å². The van der Waals surface area contributed by atoms with Crippen molar-refractivity contribution in [3.05, 3.63) is 34.9 Å². The molecule has 0 bridgehead atoms. The molecule has 0 saturated heterocycles. The molecule has 3 nitrogen and oxygen atoms in total. The van der Waals surface area contributed by atoms with Crippen LogP contribution in [-0.2, 0) is 4.74 Å². The lowest BCUT2D eigenvalue weighted by Crippen LogP contribution is -2.36. The summed E-state index contributed by atoms with van der Waals surface area (Å²) >= 11 is 0. The Morgan fingerprint density at radius 1 is 1.37 bits per heavy atom. The summed E-state index contributed by atoms with van der Waals surface area (Å²) < 4.78 is 5.20. The predicted molar refractivity (Wildman–Crippen MR) is 79.3 cm³/mol. The first kappa shape index (κ1) is 14.5. The second-order valence-corrected chi connectivity index (χ2v) is 5.69. The molecule has 1 aliphatic carbocycles. The molecule has 0 amide bonds. The van der Waals surface area contributed by atoms with Crippen LogP contribution in [0.1, 0.15) is 35.6 Å². The van der Waals surface area contributed by atoms with Crippen LogP contribution in [0.15, 0.2) is 18.2 Å². The summed E-state index contributed by atoms with van der Waals surface area (Å²) in [4.78, 5) is 2.48. The van der Waals surface area contributed by atoms with Crippen molar-refractivity contribution in [2.75, 3.05) is 26.8 Å². The van der Waals surface area contributed by atoms with E-state index < -0.39 is 0 Å². The highest BCUT2D eigenvalue weighted by Gasteiger charge is 2.30. The van der Waals surface area contributed by atoms with Gasteiger partial charge in [0.1, 0.15) is 0 Å². The van der Waals surface area contributed by atoms with Crippen LogP contribution >= 0.6 is 0 Å². The number of rotatable bonds is 7. The number of ether oxygens (including phenoxy) is 1. The fourth-order valence-corrected chi connectivity index (χ4v) is 2.58. The number of aryl methyl sites for hydroxylation is 2. The van der Waals surface area contributed by atoms with E-state index in [0.717, 1.165) is 25.7 Å². The van der Waals surface area contributed by atoms with Crippen LogP contribution in [0.4, 0.5) is 0 Å². The highest BCUT2D eigenvalue weighted by molar-refractivity contribution is 5.33. The van der Waals surface area contributed by atoms with E-state index in [2.05, 4.69) is 36.9 Å². The zero-order chi connectivity index (χ0) is 13.8. The molecule has 0 heterocycles. The molecule has 1 aromatic rings. The van der Waals surface area contributed by atoms with E-state index in [0.29, 0.717) is 0 Å². The molecule has 19 heavy (non-hydrogen) atoms. The Morgan fingerprint density at radius 3 is 2.74 bits per heavy atom. The van der Waals surface area contributed by atoms with E-state index in [4.69, 9.17) is 10.5 Å². The quantitative estimate of drug-likeness (QED) is 0.820. The maximum Gasteiger partial charge on any atom is 0.0589 e. The predicted octanol–water partition coefficient (Wildman–Crippen LogP) is 2.41. The molecule has 2 rings (SSSR count). The first-order chi connectivity index (χ1) is 9.11. The molecule has 2 N–H and O–H groups in total. The average molecular weight is 262 g/mol. The van der Waals surface area contributed by atoms with Gasteiger partial charge in [-0.3, -0.25) is 4.90 Å². The van der Waals surface area contributed by atoms with E-state index in [9.17, 15) is 0 Å². The Kier molecular flexibility index (Phi) is 4.97. The summed E-state index contributed by atoms with van der Waals surface area (Å²) in [6.45, 7) is 6.97. The summed E-state index contributed by atoms with van der Waals surface area (Å²) in [7, 11) is 1.76. The minimum absolute atomic E-state index is 0.0948. The van der Waals surface area contributed by atoms with Gasteiger partial charge in [-0.2, -0.15) is 0 Å². The average Bonchev–Trinajstić information content (AvgIpc) is 3.21. The number of methoxy groups -OCH3 is 1. The van der Waals surface area contributed by atoms with Crippen molar-refractivity contribution in [2.45, 2.75) is 38.8 Å². The van der Waals surface area contributed by atoms with Crippen molar-refractivity contribution in [1.82, 2.24) is 4.90 Å². The Labute approximate surface area is 116 Å². The van der Waals surface area contributed by atoms with Gasteiger partial charge < -0.3 is 10.5 Å². The number of hydrogen-bond acceptors (Lipinski definition) is 3. The molecular weight excluding hydrogens is 236 g/mol. The van der Waals surface area contributed by atoms with E-state index in [1.807, 2.05) is 0 Å². The summed E-state index contributed by atoms with van der Waals surface area (Å²) in [5, 5.41) is 0. The second kappa shape index (κ2) is 6.51. The molecule has 1 saturated carbocycles. The van der Waals surface area contributed by atoms with E-state index >= 15 is 0 Å². The summed E-state index contributed by atoms with van der Waals surface area (Å²) in [5.74, 6) is 0. The van der Waals surface area contributed by atoms with Crippen LogP contribution in [0, 0.1) is 13.8 Å². The van der Waals surface area contributed by atoms with Crippen LogP contribution in [0.2, 0.25) is 0 Å². The lowest BCUT2D eigenvalue weighted by Gasteiger charge is -2.26. The molecule has 0 radical (unpaired) electrons. The van der Waals surface area contributed by atoms with Gasteiger partial charge in [-0.1, -0.05) is 23.8 Å². The second-order valence-electron chi connectivity index (χ2n) is 5.69. The molecule has 1 aliphatic rings. The van der Waals surface area contributed by atoms with Gasteiger partial charge in [-0.15, -0.1) is 0 Å². The molecule has 0 aromatic heterocycles. The maximum atomic E-state index is 6.42.